The predicted molar refractivity (Wildman–Crippen MR) is 219 cm³/mol. The highest BCUT2D eigenvalue weighted by Gasteiger charge is 2.20. The second kappa shape index (κ2) is 10.4. The summed E-state index contributed by atoms with van der Waals surface area (Å²) in [5.41, 5.74) is 12.1. The molecule has 0 fully saturated rings. The Kier molecular flexibility index (Phi) is 5.62. The number of rotatable bonds is 3. The Morgan fingerprint density at radius 3 is 1.98 bits per heavy atom. The maximum absolute atomic E-state index is 6.80. The van der Waals surface area contributed by atoms with Gasteiger partial charge in [-0.25, -0.2) is 0 Å². The van der Waals surface area contributed by atoms with Crippen molar-refractivity contribution < 1.29 is 4.42 Å². The van der Waals surface area contributed by atoms with E-state index in [0.717, 1.165) is 55.2 Å². The van der Waals surface area contributed by atoms with Gasteiger partial charge in [0, 0.05) is 54.6 Å². The molecular formula is C47H27N3OS. The normalized spacial score (nSPS) is 12.2. The Morgan fingerprint density at radius 2 is 1.15 bits per heavy atom. The highest BCUT2D eigenvalue weighted by atomic mass is 32.1. The van der Waals surface area contributed by atoms with Gasteiger partial charge < -0.3 is 13.6 Å². The van der Waals surface area contributed by atoms with Crippen molar-refractivity contribution in [2.75, 3.05) is 0 Å². The van der Waals surface area contributed by atoms with Crippen LogP contribution in [0.5, 0.6) is 0 Å². The van der Waals surface area contributed by atoms with Crippen molar-refractivity contribution in [3.8, 4) is 22.5 Å². The molecule has 0 aliphatic rings. The molecular weight excluding hydrogens is 655 g/mol. The first-order chi connectivity index (χ1) is 25.8. The molecule has 52 heavy (non-hydrogen) atoms. The van der Waals surface area contributed by atoms with Gasteiger partial charge in [0.2, 0.25) is 0 Å². The van der Waals surface area contributed by atoms with Crippen LogP contribution >= 0.6 is 11.3 Å². The van der Waals surface area contributed by atoms with Gasteiger partial charge in [-0.15, -0.1) is 11.3 Å². The number of pyridine rings is 1. The molecule has 0 aliphatic carbocycles. The molecule has 5 aromatic heterocycles. The van der Waals surface area contributed by atoms with Crippen LogP contribution < -0.4 is 0 Å². The van der Waals surface area contributed by atoms with E-state index < -0.39 is 0 Å². The van der Waals surface area contributed by atoms with Crippen LogP contribution in [0.2, 0.25) is 0 Å². The molecule has 0 bridgehead atoms. The quantitative estimate of drug-likeness (QED) is 0.186. The standard InChI is InChI=1S/C47H27N3OS/c1-4-14-38-32(11-1)33-12-2-5-15-39(33)49(38)31-19-22-42-36(27-31)34-20-21-41-45(47(34)51-42)35-13-3-6-16-40(35)50(41)30-10-7-9-28(25-30)29-18-23-43-37(26-29)46-44(52-43)17-8-24-48-46/h1-27H. The van der Waals surface area contributed by atoms with Crippen LogP contribution in [0, 0.1) is 0 Å². The molecule has 4 nitrogen and oxygen atoms in total. The smallest absolute Gasteiger partial charge is 0.145 e. The van der Waals surface area contributed by atoms with E-state index in [1.165, 1.54) is 53.1 Å². The molecule has 0 atom stereocenters. The highest BCUT2D eigenvalue weighted by molar-refractivity contribution is 7.25. The van der Waals surface area contributed by atoms with Crippen molar-refractivity contribution in [2.24, 2.45) is 0 Å². The second-order valence-electron chi connectivity index (χ2n) is 13.6. The summed E-state index contributed by atoms with van der Waals surface area (Å²) in [4.78, 5) is 4.71. The first-order valence-electron chi connectivity index (χ1n) is 17.5. The molecule has 7 aromatic carbocycles. The number of fused-ring (bicyclic) bond motifs is 13. The summed E-state index contributed by atoms with van der Waals surface area (Å²) in [6.45, 7) is 0. The van der Waals surface area contributed by atoms with Crippen LogP contribution in [-0.4, -0.2) is 14.1 Å². The van der Waals surface area contributed by atoms with E-state index in [2.05, 4.69) is 161 Å². The average Bonchev–Trinajstić information content (AvgIpc) is 3.95. The number of benzene rings is 7. The topological polar surface area (TPSA) is 35.9 Å². The summed E-state index contributed by atoms with van der Waals surface area (Å²) < 4.78 is 14.0. The van der Waals surface area contributed by atoms with Gasteiger partial charge in [-0.3, -0.25) is 4.98 Å². The van der Waals surface area contributed by atoms with Gasteiger partial charge in [-0.1, -0.05) is 72.8 Å². The van der Waals surface area contributed by atoms with Gasteiger partial charge in [-0.2, -0.15) is 0 Å². The minimum Gasteiger partial charge on any atom is -0.455 e. The maximum atomic E-state index is 6.80. The molecule has 0 saturated heterocycles. The van der Waals surface area contributed by atoms with E-state index in [-0.39, 0.29) is 0 Å². The van der Waals surface area contributed by atoms with Crippen molar-refractivity contribution in [1.82, 2.24) is 14.1 Å². The molecule has 0 spiro atoms. The van der Waals surface area contributed by atoms with Gasteiger partial charge in [-0.05, 0) is 96.1 Å². The number of furan rings is 1. The molecule has 0 aliphatic heterocycles. The number of para-hydroxylation sites is 3. The molecule has 242 valence electrons. The lowest BCUT2D eigenvalue weighted by atomic mass is 10.0. The third-order valence-corrected chi connectivity index (χ3v) is 11.9. The largest absolute Gasteiger partial charge is 0.455 e. The Balaban J connectivity index is 1.06. The highest BCUT2D eigenvalue weighted by Crippen LogP contribution is 2.42. The lowest BCUT2D eigenvalue weighted by molar-refractivity contribution is 0.673. The van der Waals surface area contributed by atoms with Gasteiger partial charge in [0.05, 0.1) is 37.7 Å². The third-order valence-electron chi connectivity index (χ3n) is 10.8. The minimum absolute atomic E-state index is 0.886. The van der Waals surface area contributed by atoms with E-state index in [1.807, 2.05) is 12.3 Å². The Bertz CT molecular complexity index is 3380. The van der Waals surface area contributed by atoms with Gasteiger partial charge >= 0.3 is 0 Å². The Morgan fingerprint density at radius 1 is 0.442 bits per heavy atom. The second-order valence-corrected chi connectivity index (χ2v) is 14.6. The number of hydrogen-bond donors (Lipinski definition) is 0. The van der Waals surface area contributed by atoms with E-state index in [9.17, 15) is 0 Å². The molecule has 0 radical (unpaired) electrons. The fourth-order valence-electron chi connectivity index (χ4n) is 8.49. The van der Waals surface area contributed by atoms with E-state index >= 15 is 0 Å². The van der Waals surface area contributed by atoms with Crippen LogP contribution in [-0.2, 0) is 0 Å². The van der Waals surface area contributed by atoms with Crippen LogP contribution in [0.1, 0.15) is 0 Å². The predicted octanol–water partition coefficient (Wildman–Crippen LogP) is 13.2. The average molecular weight is 682 g/mol. The Labute approximate surface area is 301 Å². The molecule has 12 aromatic rings. The third kappa shape index (κ3) is 3.83. The molecule has 5 heterocycles. The first kappa shape index (κ1) is 28.1. The van der Waals surface area contributed by atoms with Crippen LogP contribution in [0.25, 0.3) is 108 Å². The van der Waals surface area contributed by atoms with Crippen molar-refractivity contribution in [3.05, 3.63) is 164 Å². The minimum atomic E-state index is 0.886. The molecule has 0 amide bonds. The summed E-state index contributed by atoms with van der Waals surface area (Å²) in [6, 6.07) is 56.9. The van der Waals surface area contributed by atoms with E-state index in [1.54, 1.807) is 11.3 Å². The number of thiophene rings is 1. The fourth-order valence-corrected chi connectivity index (χ4v) is 9.54. The molecule has 12 rings (SSSR count). The molecule has 0 saturated carbocycles. The lowest BCUT2D eigenvalue weighted by Crippen LogP contribution is -1.94. The fraction of sp³-hybridized carbons (Fsp3) is 0. The molecule has 5 heteroatoms. The summed E-state index contributed by atoms with van der Waals surface area (Å²) >= 11 is 1.80. The zero-order valence-corrected chi connectivity index (χ0v) is 28.6. The SMILES string of the molecule is c1cc(-c2ccc3sc4cccnc4c3c2)cc(-n2c3ccccc3c3c4oc5ccc(-n6c7ccccc7c7ccccc76)cc5c4ccc32)c1. The van der Waals surface area contributed by atoms with Gasteiger partial charge in [0.25, 0.3) is 0 Å². The summed E-state index contributed by atoms with van der Waals surface area (Å²) in [5, 5.41) is 8.25. The van der Waals surface area contributed by atoms with Crippen LogP contribution in [0.15, 0.2) is 168 Å². The van der Waals surface area contributed by atoms with Crippen molar-refractivity contribution in [1.29, 1.82) is 0 Å². The summed E-state index contributed by atoms with van der Waals surface area (Å²) in [7, 11) is 0. The summed E-state index contributed by atoms with van der Waals surface area (Å²) in [5.74, 6) is 0. The van der Waals surface area contributed by atoms with E-state index in [4.69, 9.17) is 9.40 Å². The lowest BCUT2D eigenvalue weighted by Gasteiger charge is -2.10. The molecule has 0 unspecified atom stereocenters. The van der Waals surface area contributed by atoms with Gasteiger partial charge in [0.1, 0.15) is 11.2 Å². The van der Waals surface area contributed by atoms with Crippen LogP contribution in [0.3, 0.4) is 0 Å². The number of nitrogens with zero attached hydrogens (tertiary/aromatic N) is 3. The van der Waals surface area contributed by atoms with Crippen molar-refractivity contribution in [2.45, 2.75) is 0 Å². The summed E-state index contributed by atoms with van der Waals surface area (Å²) in [6.07, 6.45) is 1.88. The van der Waals surface area contributed by atoms with E-state index in [0.29, 0.717) is 0 Å². The van der Waals surface area contributed by atoms with Crippen molar-refractivity contribution in [3.63, 3.8) is 0 Å². The maximum Gasteiger partial charge on any atom is 0.145 e. The Hall–Kier alpha value is -6.69. The van der Waals surface area contributed by atoms with Gasteiger partial charge in [0.15, 0.2) is 0 Å². The molecule has 0 N–H and O–H groups in total. The zero-order valence-electron chi connectivity index (χ0n) is 27.7. The van der Waals surface area contributed by atoms with Crippen LogP contribution in [0.4, 0.5) is 0 Å². The zero-order chi connectivity index (χ0) is 33.9. The number of hydrogen-bond acceptors (Lipinski definition) is 3. The number of aromatic nitrogens is 3. The first-order valence-corrected chi connectivity index (χ1v) is 18.4. The van der Waals surface area contributed by atoms with Crippen molar-refractivity contribution >= 4 is 97.2 Å². The monoisotopic (exact) mass is 681 g/mol.